The second-order valence-electron chi connectivity index (χ2n) is 3.94. The van der Waals surface area contributed by atoms with Crippen LogP contribution in [0.1, 0.15) is 18.2 Å². The van der Waals surface area contributed by atoms with Crippen molar-refractivity contribution in [3.05, 3.63) is 29.6 Å². The van der Waals surface area contributed by atoms with Gasteiger partial charge in [-0.25, -0.2) is 4.99 Å². The van der Waals surface area contributed by atoms with E-state index in [1.54, 1.807) is 13.3 Å². The molecule has 0 aliphatic carbocycles. The zero-order chi connectivity index (χ0) is 14.3. The molecule has 0 aliphatic heterocycles. The molecule has 0 fully saturated rings. The van der Waals surface area contributed by atoms with Crippen molar-refractivity contribution in [2.45, 2.75) is 26.6 Å². The molecule has 0 spiro atoms. The summed E-state index contributed by atoms with van der Waals surface area (Å²) in [6.07, 6.45) is 1.54. The van der Waals surface area contributed by atoms with Gasteiger partial charge < -0.3 is 21.1 Å². The third-order valence-electron chi connectivity index (χ3n) is 2.44. The van der Waals surface area contributed by atoms with Crippen molar-refractivity contribution in [1.29, 1.82) is 0 Å². The number of hydrogen-bond acceptors (Lipinski definition) is 4. The molecular formula is C12H19N5OS. The topological polar surface area (TPSA) is 84.6 Å². The third-order valence-corrected chi connectivity index (χ3v) is 2.54. The normalized spacial score (nSPS) is 12.9. The van der Waals surface area contributed by atoms with Crippen LogP contribution in [0.25, 0.3) is 0 Å². The lowest BCUT2D eigenvalue weighted by Gasteiger charge is -2.16. The molecule has 0 aromatic carbocycles. The van der Waals surface area contributed by atoms with Crippen molar-refractivity contribution in [2.24, 2.45) is 10.7 Å². The highest BCUT2D eigenvalue weighted by Crippen LogP contribution is 2.04. The number of guanidine groups is 1. The van der Waals surface area contributed by atoms with Gasteiger partial charge in [0.25, 0.3) is 0 Å². The summed E-state index contributed by atoms with van der Waals surface area (Å²) in [7, 11) is 1.60. The maximum absolute atomic E-state index is 5.45. The highest BCUT2D eigenvalue weighted by atomic mass is 32.1. The van der Waals surface area contributed by atoms with Crippen LogP contribution < -0.4 is 16.4 Å². The quantitative estimate of drug-likeness (QED) is 0.325. The van der Waals surface area contributed by atoms with E-state index in [2.05, 4.69) is 20.6 Å². The average molecular weight is 281 g/mol. The number of ether oxygens (including phenoxy) is 1. The van der Waals surface area contributed by atoms with E-state index in [-0.39, 0.29) is 11.3 Å². The Labute approximate surface area is 118 Å². The fourth-order valence-corrected chi connectivity index (χ4v) is 1.42. The van der Waals surface area contributed by atoms with Crippen LogP contribution in [0.2, 0.25) is 0 Å². The van der Waals surface area contributed by atoms with Gasteiger partial charge in [0.1, 0.15) is 6.23 Å². The predicted molar refractivity (Wildman–Crippen MR) is 79.6 cm³/mol. The Morgan fingerprint density at radius 3 is 2.95 bits per heavy atom. The van der Waals surface area contributed by atoms with E-state index in [1.807, 2.05) is 26.0 Å². The van der Waals surface area contributed by atoms with Crippen molar-refractivity contribution < 1.29 is 4.74 Å². The summed E-state index contributed by atoms with van der Waals surface area (Å²) in [5.74, 6) is 0.465. The largest absolute Gasteiger partial charge is 0.376 e. The van der Waals surface area contributed by atoms with E-state index < -0.39 is 0 Å². The first-order valence-electron chi connectivity index (χ1n) is 5.83. The number of aryl methyl sites for hydroxylation is 1. The first-order chi connectivity index (χ1) is 9.02. The molecule has 1 rings (SSSR count). The van der Waals surface area contributed by atoms with E-state index in [0.29, 0.717) is 12.5 Å². The van der Waals surface area contributed by atoms with Crippen LogP contribution >= 0.6 is 12.2 Å². The van der Waals surface area contributed by atoms with Crippen LogP contribution in [0, 0.1) is 6.92 Å². The lowest BCUT2D eigenvalue weighted by atomic mass is 10.2. The molecule has 1 aromatic rings. The van der Waals surface area contributed by atoms with E-state index in [0.717, 1.165) is 11.3 Å². The van der Waals surface area contributed by atoms with E-state index >= 15 is 0 Å². The van der Waals surface area contributed by atoms with Crippen molar-refractivity contribution in [3.63, 3.8) is 0 Å². The number of nitrogens with zero attached hydrogens (tertiary/aromatic N) is 2. The number of nitrogens with two attached hydrogens (primary N) is 1. The zero-order valence-corrected chi connectivity index (χ0v) is 12.1. The molecule has 0 saturated carbocycles. The molecule has 1 atom stereocenters. The summed E-state index contributed by atoms with van der Waals surface area (Å²) >= 11 is 4.81. The number of nitrogens with one attached hydrogen (secondary N) is 2. The van der Waals surface area contributed by atoms with Gasteiger partial charge >= 0.3 is 0 Å². The maximum Gasteiger partial charge on any atom is 0.199 e. The molecule has 7 heteroatoms. The van der Waals surface area contributed by atoms with Crippen molar-refractivity contribution in [2.75, 3.05) is 7.11 Å². The Hall–Kier alpha value is -1.73. The average Bonchev–Trinajstić information content (AvgIpc) is 2.36. The summed E-state index contributed by atoms with van der Waals surface area (Å²) in [6, 6.07) is 3.88. The molecule has 19 heavy (non-hydrogen) atoms. The van der Waals surface area contributed by atoms with Crippen LogP contribution in [-0.2, 0) is 11.3 Å². The number of aliphatic imine (C=N–C) groups is 1. The van der Waals surface area contributed by atoms with E-state index in [9.17, 15) is 0 Å². The van der Waals surface area contributed by atoms with Crippen molar-refractivity contribution in [3.8, 4) is 0 Å². The van der Waals surface area contributed by atoms with Gasteiger partial charge in [0.05, 0.1) is 12.2 Å². The Morgan fingerprint density at radius 1 is 1.63 bits per heavy atom. The molecular weight excluding hydrogens is 262 g/mol. The molecule has 0 bridgehead atoms. The number of thiocarbonyl (C=S) groups is 1. The minimum atomic E-state index is -0.203. The van der Waals surface area contributed by atoms with Gasteiger partial charge in [0.15, 0.2) is 11.1 Å². The van der Waals surface area contributed by atoms with Crippen LogP contribution in [0.5, 0.6) is 0 Å². The zero-order valence-electron chi connectivity index (χ0n) is 11.3. The summed E-state index contributed by atoms with van der Waals surface area (Å²) in [5, 5.41) is 5.93. The molecule has 1 unspecified atom stereocenters. The van der Waals surface area contributed by atoms with Gasteiger partial charge in [0.2, 0.25) is 0 Å². The minimum Gasteiger partial charge on any atom is -0.376 e. The van der Waals surface area contributed by atoms with Gasteiger partial charge in [-0.1, -0.05) is 6.07 Å². The third kappa shape index (κ3) is 5.62. The smallest absolute Gasteiger partial charge is 0.199 e. The van der Waals surface area contributed by atoms with Gasteiger partial charge in [-0.2, -0.15) is 0 Å². The summed E-state index contributed by atoms with van der Waals surface area (Å²) < 4.78 is 5.11. The van der Waals surface area contributed by atoms with E-state index in [1.165, 1.54) is 0 Å². The lowest BCUT2D eigenvalue weighted by Crippen LogP contribution is -2.47. The number of rotatable bonds is 4. The Balaban J connectivity index is 2.76. The molecule has 4 N–H and O–H groups in total. The Kier molecular flexibility index (Phi) is 6.17. The molecule has 1 heterocycles. The molecule has 0 amide bonds. The minimum absolute atomic E-state index is 0.146. The highest BCUT2D eigenvalue weighted by molar-refractivity contribution is 7.80. The van der Waals surface area contributed by atoms with Crippen LogP contribution in [-0.4, -0.2) is 29.4 Å². The van der Waals surface area contributed by atoms with Gasteiger partial charge in [0, 0.05) is 13.3 Å². The standard InChI is InChI=1S/C12H19N5OS/c1-8-5-4-6-14-10(8)7-15-12(17-11(13)19)16-9(2)18-3/h4-6,9H,7H2,1-3H3,(H4,13,15,16,17,19). The number of methoxy groups -OCH3 is 1. The Morgan fingerprint density at radius 2 is 2.37 bits per heavy atom. The number of aromatic nitrogens is 1. The molecule has 0 radical (unpaired) electrons. The second-order valence-corrected chi connectivity index (χ2v) is 4.38. The fraction of sp³-hybridized carbons (Fsp3) is 0.417. The summed E-state index contributed by atoms with van der Waals surface area (Å²) in [5.41, 5.74) is 7.44. The molecule has 0 aliphatic rings. The number of pyridine rings is 1. The first-order valence-corrected chi connectivity index (χ1v) is 6.24. The van der Waals surface area contributed by atoms with Gasteiger partial charge in [-0.3, -0.25) is 4.98 Å². The van der Waals surface area contributed by atoms with Gasteiger partial charge in [-0.05, 0) is 37.7 Å². The molecule has 6 nitrogen and oxygen atoms in total. The van der Waals surface area contributed by atoms with Crippen LogP contribution in [0.15, 0.2) is 23.3 Å². The lowest BCUT2D eigenvalue weighted by molar-refractivity contribution is 0.106. The maximum atomic E-state index is 5.45. The molecule has 104 valence electrons. The molecule has 0 saturated heterocycles. The highest BCUT2D eigenvalue weighted by Gasteiger charge is 2.05. The second kappa shape index (κ2) is 7.65. The Bertz CT molecular complexity index is 463. The van der Waals surface area contributed by atoms with E-state index in [4.69, 9.17) is 22.7 Å². The van der Waals surface area contributed by atoms with Crippen LogP contribution in [0.4, 0.5) is 0 Å². The summed E-state index contributed by atoms with van der Waals surface area (Å²) in [6.45, 7) is 4.27. The monoisotopic (exact) mass is 281 g/mol. The van der Waals surface area contributed by atoms with Crippen molar-refractivity contribution in [1.82, 2.24) is 15.6 Å². The van der Waals surface area contributed by atoms with Gasteiger partial charge in [-0.15, -0.1) is 0 Å². The summed E-state index contributed by atoms with van der Waals surface area (Å²) in [4.78, 5) is 8.64. The van der Waals surface area contributed by atoms with Crippen molar-refractivity contribution >= 4 is 23.3 Å². The fourth-order valence-electron chi connectivity index (χ4n) is 1.33. The predicted octanol–water partition coefficient (Wildman–Crippen LogP) is 0.661. The first kappa shape index (κ1) is 15.3. The number of hydrogen-bond donors (Lipinski definition) is 3. The SMILES string of the molecule is COC(C)NC(=NCc1ncccc1C)NC(N)=S. The van der Waals surface area contributed by atoms with Crippen LogP contribution in [0.3, 0.4) is 0 Å². The molecule has 1 aromatic heterocycles.